The number of rotatable bonds is 8. The predicted molar refractivity (Wildman–Crippen MR) is 121 cm³/mol. The third kappa shape index (κ3) is 6.23. The number of sulfonamides is 1. The lowest BCUT2D eigenvalue weighted by Gasteiger charge is -2.14. The van der Waals surface area contributed by atoms with Gasteiger partial charge in [-0.25, -0.2) is 13.1 Å². The van der Waals surface area contributed by atoms with E-state index in [-0.39, 0.29) is 16.1 Å². The highest BCUT2D eigenvalue weighted by Crippen LogP contribution is 2.21. The van der Waals surface area contributed by atoms with Crippen molar-refractivity contribution in [3.8, 4) is 5.75 Å². The van der Waals surface area contributed by atoms with E-state index < -0.39 is 22.0 Å². The number of amides is 1. The first-order valence-electron chi connectivity index (χ1n) is 9.27. The Balaban J connectivity index is 1.58. The van der Waals surface area contributed by atoms with Gasteiger partial charge in [-0.1, -0.05) is 29.0 Å². The molecule has 0 bridgehead atoms. The molecule has 0 spiro atoms. The van der Waals surface area contributed by atoms with Gasteiger partial charge in [-0.15, -0.1) is 10.2 Å². The monoisotopic (exact) mass is 480 g/mol. The number of hydrogen-bond donors (Lipinski definition) is 2. The average Bonchev–Trinajstić information content (AvgIpc) is 3.18. The molecule has 3 aromatic rings. The van der Waals surface area contributed by atoms with E-state index in [1.165, 1.54) is 0 Å². The van der Waals surface area contributed by atoms with Crippen LogP contribution in [0.2, 0.25) is 5.02 Å². The van der Waals surface area contributed by atoms with Crippen LogP contribution in [-0.2, 0) is 10.0 Å². The van der Waals surface area contributed by atoms with Gasteiger partial charge >= 0.3 is 0 Å². The first-order valence-corrected chi connectivity index (χ1v) is 11.9. The number of aromatic nitrogens is 2. The molecular formula is C20H21ClN4O4S2. The Bertz CT molecular complexity index is 1180. The minimum absolute atomic E-state index is 0.0689. The molecule has 1 unspecified atom stereocenters. The number of carbonyl (C=O) groups is 1. The Labute approximate surface area is 189 Å². The zero-order chi connectivity index (χ0) is 22.6. The second-order valence-electron chi connectivity index (χ2n) is 6.91. The highest BCUT2D eigenvalue weighted by atomic mass is 35.5. The summed E-state index contributed by atoms with van der Waals surface area (Å²) in [7, 11) is -3.92. The quantitative estimate of drug-likeness (QED) is 0.474. The Morgan fingerprint density at radius 1 is 1.13 bits per heavy atom. The van der Waals surface area contributed by atoms with Crippen LogP contribution in [0.15, 0.2) is 46.8 Å². The summed E-state index contributed by atoms with van der Waals surface area (Å²) in [5.74, 6) is 0.220. The lowest BCUT2D eigenvalue weighted by Crippen LogP contribution is -2.36. The summed E-state index contributed by atoms with van der Waals surface area (Å²) >= 11 is 6.56. The maximum atomic E-state index is 12.6. The number of aryl methyl sites for hydroxylation is 2. The van der Waals surface area contributed by atoms with Crippen molar-refractivity contribution in [3.63, 3.8) is 0 Å². The van der Waals surface area contributed by atoms with Crippen LogP contribution in [0.1, 0.15) is 28.4 Å². The summed E-state index contributed by atoms with van der Waals surface area (Å²) in [6, 6.07) is 11.4. The van der Waals surface area contributed by atoms with Crippen molar-refractivity contribution in [3.05, 3.63) is 64.2 Å². The number of hydrogen-bond acceptors (Lipinski definition) is 7. The average molecular weight is 481 g/mol. The number of carbonyl (C=O) groups excluding carboxylic acids is 1. The molecule has 2 N–H and O–H groups in total. The Kier molecular flexibility index (Phi) is 7.26. The molecule has 1 heterocycles. The summed E-state index contributed by atoms with van der Waals surface area (Å²) in [5.41, 5.74) is 2.60. The second-order valence-corrected chi connectivity index (χ2v) is 10.2. The molecule has 0 radical (unpaired) electrons. The van der Waals surface area contributed by atoms with Crippen LogP contribution in [0.4, 0.5) is 5.13 Å². The first kappa shape index (κ1) is 23.1. The summed E-state index contributed by atoms with van der Waals surface area (Å²) in [4.78, 5) is 12.2. The summed E-state index contributed by atoms with van der Waals surface area (Å²) < 4.78 is 33.1. The molecule has 2 aromatic carbocycles. The van der Waals surface area contributed by atoms with Gasteiger partial charge in [0.1, 0.15) is 12.4 Å². The molecule has 11 heteroatoms. The molecule has 1 atom stereocenters. The number of halogens is 1. The molecule has 0 aliphatic heterocycles. The van der Waals surface area contributed by atoms with Crippen LogP contribution < -0.4 is 14.8 Å². The Morgan fingerprint density at radius 2 is 1.84 bits per heavy atom. The number of nitrogens with one attached hydrogen (secondary N) is 2. The van der Waals surface area contributed by atoms with Crippen molar-refractivity contribution in [1.29, 1.82) is 0 Å². The van der Waals surface area contributed by atoms with E-state index in [9.17, 15) is 13.2 Å². The second kappa shape index (κ2) is 9.73. The minimum atomic E-state index is -3.92. The molecule has 31 heavy (non-hydrogen) atoms. The molecule has 3 rings (SSSR count). The van der Waals surface area contributed by atoms with Crippen LogP contribution in [0.3, 0.4) is 0 Å². The highest BCUT2D eigenvalue weighted by molar-refractivity contribution is 7.91. The summed E-state index contributed by atoms with van der Waals surface area (Å²) in [5, 5.41) is 10.5. The van der Waals surface area contributed by atoms with Crippen LogP contribution >= 0.6 is 22.9 Å². The Morgan fingerprint density at radius 3 is 2.52 bits per heavy atom. The van der Waals surface area contributed by atoms with E-state index in [2.05, 4.69) is 20.2 Å². The molecule has 0 saturated heterocycles. The normalized spacial score (nSPS) is 12.4. The molecular weight excluding hydrogens is 460 g/mol. The fourth-order valence-electron chi connectivity index (χ4n) is 2.51. The number of anilines is 1. The fraction of sp³-hybridized carbons (Fsp3) is 0.250. The van der Waals surface area contributed by atoms with E-state index in [1.54, 1.807) is 31.2 Å². The van der Waals surface area contributed by atoms with Gasteiger partial charge < -0.3 is 4.74 Å². The lowest BCUT2D eigenvalue weighted by atomic mass is 10.1. The van der Waals surface area contributed by atoms with Crippen LogP contribution in [0.25, 0.3) is 0 Å². The van der Waals surface area contributed by atoms with Crippen LogP contribution in [0, 0.1) is 13.8 Å². The molecule has 164 valence electrons. The number of ether oxygens (including phenoxy) is 1. The van der Waals surface area contributed by atoms with Crippen molar-refractivity contribution in [2.24, 2.45) is 0 Å². The standard InChI is InChI=1S/C20H21ClN4O4S2/c1-12-4-9-17(10-13(12)2)29-11-14(3)25-31(27,28)20-24-23-19(30-20)22-18(26)15-5-7-16(21)8-6-15/h4-10,14,25H,11H2,1-3H3,(H,22,23,26). The van der Waals surface area contributed by atoms with Crippen LogP contribution in [-0.4, -0.2) is 37.2 Å². The Hall–Kier alpha value is -2.53. The topological polar surface area (TPSA) is 110 Å². The predicted octanol–water partition coefficient (Wildman–Crippen LogP) is 3.81. The van der Waals surface area contributed by atoms with E-state index in [1.807, 2.05) is 32.0 Å². The van der Waals surface area contributed by atoms with E-state index >= 15 is 0 Å². The van der Waals surface area contributed by atoms with Crippen molar-refractivity contribution in [2.75, 3.05) is 11.9 Å². The maximum Gasteiger partial charge on any atom is 0.270 e. The maximum absolute atomic E-state index is 12.6. The zero-order valence-electron chi connectivity index (χ0n) is 17.0. The van der Waals surface area contributed by atoms with E-state index in [0.717, 1.165) is 22.5 Å². The molecule has 0 aliphatic rings. The largest absolute Gasteiger partial charge is 0.492 e. The third-order valence-electron chi connectivity index (χ3n) is 4.30. The molecule has 0 saturated carbocycles. The zero-order valence-corrected chi connectivity index (χ0v) is 19.4. The third-order valence-corrected chi connectivity index (χ3v) is 7.35. The molecule has 0 aliphatic carbocycles. The molecule has 8 nitrogen and oxygen atoms in total. The first-order chi connectivity index (χ1) is 14.6. The smallest absolute Gasteiger partial charge is 0.270 e. The van der Waals surface area contributed by atoms with Gasteiger partial charge in [0.2, 0.25) is 9.47 Å². The SMILES string of the molecule is Cc1ccc(OCC(C)NS(=O)(=O)c2nnc(NC(=O)c3ccc(Cl)cc3)s2)cc1C. The van der Waals surface area contributed by atoms with Crippen LogP contribution in [0.5, 0.6) is 5.75 Å². The van der Waals surface area contributed by atoms with E-state index in [0.29, 0.717) is 16.3 Å². The van der Waals surface area contributed by atoms with E-state index in [4.69, 9.17) is 16.3 Å². The van der Waals surface area contributed by atoms with Gasteiger partial charge in [-0.3, -0.25) is 10.1 Å². The highest BCUT2D eigenvalue weighted by Gasteiger charge is 2.23. The lowest BCUT2D eigenvalue weighted by molar-refractivity contribution is 0.102. The number of benzene rings is 2. The van der Waals surface area contributed by atoms with Gasteiger partial charge in [-0.2, -0.15) is 0 Å². The number of nitrogens with zero attached hydrogens (tertiary/aromatic N) is 2. The van der Waals surface area contributed by atoms with Crippen molar-refractivity contribution < 1.29 is 17.9 Å². The van der Waals surface area contributed by atoms with Gasteiger partial charge in [0, 0.05) is 10.6 Å². The minimum Gasteiger partial charge on any atom is -0.492 e. The van der Waals surface area contributed by atoms with Gasteiger partial charge in [0.15, 0.2) is 0 Å². The molecule has 1 amide bonds. The molecule has 1 aromatic heterocycles. The van der Waals surface area contributed by atoms with Gasteiger partial charge in [0.05, 0.1) is 6.04 Å². The van der Waals surface area contributed by atoms with Gasteiger partial charge in [0.25, 0.3) is 15.9 Å². The van der Waals surface area contributed by atoms with Crippen molar-refractivity contribution >= 4 is 44.0 Å². The summed E-state index contributed by atoms with van der Waals surface area (Å²) in [6.45, 7) is 5.81. The van der Waals surface area contributed by atoms with Gasteiger partial charge in [-0.05, 0) is 68.3 Å². The van der Waals surface area contributed by atoms with Crippen molar-refractivity contribution in [1.82, 2.24) is 14.9 Å². The van der Waals surface area contributed by atoms with Crippen molar-refractivity contribution in [2.45, 2.75) is 31.2 Å². The molecule has 0 fully saturated rings. The fourth-order valence-corrected chi connectivity index (χ4v) is 4.78. The summed E-state index contributed by atoms with van der Waals surface area (Å²) in [6.07, 6.45) is 0.